The first kappa shape index (κ1) is 71.6. The van der Waals surface area contributed by atoms with Crippen LogP contribution < -0.4 is 0 Å². The molecule has 0 aliphatic rings. The maximum atomic E-state index is 2.36. The molecule has 0 aliphatic carbocycles. The molecule has 0 atom stereocenters. The van der Waals surface area contributed by atoms with Crippen LogP contribution in [0.5, 0.6) is 0 Å². The van der Waals surface area contributed by atoms with E-state index in [0.29, 0.717) is 0 Å². The van der Waals surface area contributed by atoms with E-state index in [1.54, 1.807) is 0 Å². The first-order valence-electron chi connectivity index (χ1n) is 38.4. The molecule has 0 aromatic heterocycles. The monoisotopic (exact) mass is 1390 g/mol. The predicted molar refractivity (Wildman–Crippen MR) is 474 cm³/mol. The summed E-state index contributed by atoms with van der Waals surface area (Å²) in [6.07, 6.45) is 0. The Labute approximate surface area is 639 Å². The van der Waals surface area contributed by atoms with Crippen molar-refractivity contribution in [1.29, 1.82) is 0 Å². The molecule has 0 fully saturated rings. The molecule has 0 spiro atoms. The minimum atomic E-state index is 1.27. The van der Waals surface area contributed by atoms with Gasteiger partial charge in [-0.2, -0.15) is 0 Å². The van der Waals surface area contributed by atoms with Crippen LogP contribution in [0, 0.1) is 111 Å². The standard InChI is InChI=1S/C31H28.C29H24.C25H24.C23H20/c1-19-20(2)22(4)29(23(5)21(19)3)31-27-17-11-9-15-25(27)30(24-13-7-6-8-14-24)26-16-10-12-18-28(26)31;1-19-17-21(3)27(18-20(19)2)29-25-15-9-7-13-23(25)28(22-11-5-4-6-12-22)24-14-8-10-16-26(24)29;1-15-16(2)18(4)24(19(5)17(15)3)25-22-12-8-6-10-20(22)14-21-11-7-9-13-23(21)25;1-15-12-17(3)22(13-16(15)2)23-20-10-6-4-8-18(20)14-19-9-5-7-11-21(19)23/h6-18H,1-5H3;4-18H,1-3H3;6-14H,1-5H3;4-14H,1-3H3. The molecule has 18 aromatic carbocycles. The summed E-state index contributed by atoms with van der Waals surface area (Å²) in [6, 6.07) is 106. The highest BCUT2D eigenvalue weighted by Gasteiger charge is 2.24. The lowest BCUT2D eigenvalue weighted by molar-refractivity contribution is 1.18. The molecule has 18 rings (SSSR count). The molecule has 0 unspecified atom stereocenters. The molecule has 528 valence electrons. The fraction of sp³-hybridized carbons (Fsp3) is 0.148. The fourth-order valence-corrected chi connectivity index (χ4v) is 17.4. The topological polar surface area (TPSA) is 0 Å². The number of benzene rings is 18. The van der Waals surface area contributed by atoms with E-state index in [-0.39, 0.29) is 0 Å². The van der Waals surface area contributed by atoms with Gasteiger partial charge in [0.15, 0.2) is 0 Å². The van der Waals surface area contributed by atoms with Gasteiger partial charge in [-0.1, -0.05) is 279 Å². The van der Waals surface area contributed by atoms with Gasteiger partial charge in [0.2, 0.25) is 0 Å². The Balaban J connectivity index is 0.000000116. The van der Waals surface area contributed by atoms with Crippen molar-refractivity contribution in [2.24, 2.45) is 0 Å². The molecular formula is C108H96. The third kappa shape index (κ3) is 12.8. The van der Waals surface area contributed by atoms with E-state index in [2.05, 4.69) is 402 Å². The Hall–Kier alpha value is -12.0. The van der Waals surface area contributed by atoms with Crippen molar-refractivity contribution < 1.29 is 0 Å². The number of aryl methyl sites for hydroxylation is 6. The quantitative estimate of drug-likeness (QED) is 0.146. The zero-order valence-corrected chi connectivity index (χ0v) is 65.7. The van der Waals surface area contributed by atoms with E-state index in [1.165, 1.54) is 242 Å². The minimum absolute atomic E-state index is 1.27. The zero-order chi connectivity index (χ0) is 75.3. The average Bonchev–Trinajstić information content (AvgIpc) is 0.668. The van der Waals surface area contributed by atoms with Crippen molar-refractivity contribution in [2.45, 2.75) is 111 Å². The van der Waals surface area contributed by atoms with Crippen LogP contribution in [0.15, 0.2) is 291 Å². The first-order chi connectivity index (χ1) is 52.3. The van der Waals surface area contributed by atoms with E-state index in [4.69, 9.17) is 0 Å². The maximum absolute atomic E-state index is 2.36. The number of hydrogen-bond acceptors (Lipinski definition) is 0. The second kappa shape index (κ2) is 29.8. The molecule has 0 saturated heterocycles. The van der Waals surface area contributed by atoms with Crippen molar-refractivity contribution in [3.8, 4) is 66.8 Å². The highest BCUT2D eigenvalue weighted by molar-refractivity contribution is 6.24. The molecule has 0 amide bonds. The van der Waals surface area contributed by atoms with Crippen molar-refractivity contribution in [1.82, 2.24) is 0 Å². The second-order valence-electron chi connectivity index (χ2n) is 30.3. The Bertz CT molecular complexity index is 6290. The minimum Gasteiger partial charge on any atom is -0.0622 e. The van der Waals surface area contributed by atoms with Crippen LogP contribution in [-0.4, -0.2) is 0 Å². The Morgan fingerprint density at radius 1 is 0.130 bits per heavy atom. The van der Waals surface area contributed by atoms with Crippen LogP contribution in [0.2, 0.25) is 0 Å². The lowest BCUT2D eigenvalue weighted by Gasteiger charge is -2.23. The van der Waals surface area contributed by atoms with Gasteiger partial charge in [0.05, 0.1) is 0 Å². The summed E-state index contributed by atoms with van der Waals surface area (Å²) >= 11 is 0. The number of fused-ring (bicyclic) bond motifs is 8. The van der Waals surface area contributed by atoms with Crippen molar-refractivity contribution in [3.05, 3.63) is 380 Å². The molecule has 0 heteroatoms. The van der Waals surface area contributed by atoms with Gasteiger partial charge in [-0.25, -0.2) is 0 Å². The van der Waals surface area contributed by atoms with Crippen LogP contribution in [0.3, 0.4) is 0 Å². The van der Waals surface area contributed by atoms with E-state index in [9.17, 15) is 0 Å². The summed E-state index contributed by atoms with van der Waals surface area (Å²) in [6.45, 7) is 35.9. The van der Waals surface area contributed by atoms with Crippen LogP contribution in [-0.2, 0) is 0 Å². The molecule has 0 N–H and O–H groups in total. The molecular weight excluding hydrogens is 1300 g/mol. The second-order valence-corrected chi connectivity index (χ2v) is 30.3. The molecule has 0 saturated carbocycles. The molecule has 0 aliphatic heterocycles. The van der Waals surface area contributed by atoms with Gasteiger partial charge in [-0.05, 0) is 365 Å². The van der Waals surface area contributed by atoms with Crippen molar-refractivity contribution >= 4 is 86.2 Å². The molecule has 18 aromatic rings. The highest BCUT2D eigenvalue weighted by Crippen LogP contribution is 2.49. The number of hydrogen-bond donors (Lipinski definition) is 0. The summed E-state index contributed by atoms with van der Waals surface area (Å²) in [5, 5.41) is 21.1. The van der Waals surface area contributed by atoms with E-state index < -0.39 is 0 Å². The van der Waals surface area contributed by atoms with Gasteiger partial charge in [0.1, 0.15) is 0 Å². The smallest absolute Gasteiger partial charge is 0.00208 e. The molecule has 0 radical (unpaired) electrons. The van der Waals surface area contributed by atoms with Crippen LogP contribution in [0.25, 0.3) is 153 Å². The molecule has 0 nitrogen and oxygen atoms in total. The van der Waals surface area contributed by atoms with E-state index in [0.717, 1.165) is 0 Å². The van der Waals surface area contributed by atoms with Gasteiger partial charge < -0.3 is 0 Å². The third-order valence-electron chi connectivity index (χ3n) is 24.3. The van der Waals surface area contributed by atoms with Crippen LogP contribution in [0.1, 0.15) is 89.0 Å². The third-order valence-corrected chi connectivity index (χ3v) is 24.3. The lowest BCUT2D eigenvalue weighted by atomic mass is 9.80. The summed E-state index contributed by atoms with van der Waals surface area (Å²) in [4.78, 5) is 0. The Morgan fingerprint density at radius 2 is 0.324 bits per heavy atom. The largest absolute Gasteiger partial charge is 0.0622 e. The summed E-state index contributed by atoms with van der Waals surface area (Å²) in [5.41, 5.74) is 38.2. The van der Waals surface area contributed by atoms with Crippen molar-refractivity contribution in [3.63, 3.8) is 0 Å². The van der Waals surface area contributed by atoms with Gasteiger partial charge in [0.25, 0.3) is 0 Å². The number of rotatable bonds is 6. The first-order valence-corrected chi connectivity index (χ1v) is 38.4. The van der Waals surface area contributed by atoms with E-state index in [1.807, 2.05) is 0 Å². The SMILES string of the molecule is Cc1c(C)c(C)c(-c2c3ccccc3c(-c3ccccc3)c3ccccc23)c(C)c1C.Cc1c(C)c(C)c(-c2c3ccccc3cc3ccccc23)c(C)c1C.Cc1cc(C)c(-c2c3ccccc3c(-c3ccccc3)c3ccccc23)cc1C.Cc1cc(C)c(-c2c3ccccc3cc3ccccc23)cc1C. The Morgan fingerprint density at radius 3 is 0.611 bits per heavy atom. The van der Waals surface area contributed by atoms with Gasteiger partial charge in [-0.3, -0.25) is 0 Å². The molecule has 0 heterocycles. The molecule has 0 bridgehead atoms. The lowest BCUT2D eigenvalue weighted by Crippen LogP contribution is -2.01. The summed E-state index contributed by atoms with van der Waals surface area (Å²) in [7, 11) is 0. The van der Waals surface area contributed by atoms with Crippen molar-refractivity contribution in [2.75, 3.05) is 0 Å². The van der Waals surface area contributed by atoms with Gasteiger partial charge in [0, 0.05) is 0 Å². The zero-order valence-electron chi connectivity index (χ0n) is 65.7. The van der Waals surface area contributed by atoms with Crippen LogP contribution >= 0.6 is 0 Å². The van der Waals surface area contributed by atoms with Gasteiger partial charge >= 0.3 is 0 Å². The highest BCUT2D eigenvalue weighted by atomic mass is 14.3. The fourth-order valence-electron chi connectivity index (χ4n) is 17.4. The van der Waals surface area contributed by atoms with E-state index >= 15 is 0 Å². The summed E-state index contributed by atoms with van der Waals surface area (Å²) in [5.74, 6) is 0. The normalized spacial score (nSPS) is 11.3. The predicted octanol–water partition coefficient (Wildman–Crippen LogP) is 30.9. The van der Waals surface area contributed by atoms with Gasteiger partial charge in [-0.15, -0.1) is 0 Å². The summed E-state index contributed by atoms with van der Waals surface area (Å²) < 4.78 is 0. The Kier molecular flexibility index (Phi) is 19.7. The maximum Gasteiger partial charge on any atom is -0.00208 e. The molecule has 108 heavy (non-hydrogen) atoms. The average molecular weight is 1390 g/mol. The van der Waals surface area contributed by atoms with Crippen LogP contribution in [0.4, 0.5) is 0 Å².